The SMILES string of the molecule is Cc1cccc(C(C)(C)C)c1NC(=O)C(O)C(C)C. The molecule has 0 spiro atoms. The minimum absolute atomic E-state index is 0.0581. The van der Waals surface area contributed by atoms with Crippen molar-refractivity contribution >= 4 is 11.6 Å². The predicted molar refractivity (Wildman–Crippen MR) is 79.4 cm³/mol. The number of hydrogen-bond acceptors (Lipinski definition) is 2. The van der Waals surface area contributed by atoms with Gasteiger partial charge in [0.05, 0.1) is 0 Å². The molecule has 19 heavy (non-hydrogen) atoms. The molecule has 1 aromatic carbocycles. The maximum atomic E-state index is 12.0. The van der Waals surface area contributed by atoms with Gasteiger partial charge in [0.15, 0.2) is 0 Å². The van der Waals surface area contributed by atoms with E-state index in [0.29, 0.717) is 0 Å². The molecule has 1 unspecified atom stereocenters. The van der Waals surface area contributed by atoms with Gasteiger partial charge in [-0.15, -0.1) is 0 Å². The summed E-state index contributed by atoms with van der Waals surface area (Å²) in [7, 11) is 0. The summed E-state index contributed by atoms with van der Waals surface area (Å²) in [5, 5.41) is 12.7. The highest BCUT2D eigenvalue weighted by Crippen LogP contribution is 2.32. The maximum absolute atomic E-state index is 12.0. The maximum Gasteiger partial charge on any atom is 0.253 e. The molecule has 1 aromatic rings. The van der Waals surface area contributed by atoms with Crippen molar-refractivity contribution in [1.29, 1.82) is 0 Å². The van der Waals surface area contributed by atoms with E-state index in [1.807, 2.05) is 39.0 Å². The van der Waals surface area contributed by atoms with E-state index in [1.165, 1.54) is 0 Å². The second-order valence-electron chi connectivity index (χ2n) is 6.43. The van der Waals surface area contributed by atoms with Gasteiger partial charge in [-0.05, 0) is 29.4 Å². The molecule has 0 aliphatic heterocycles. The van der Waals surface area contributed by atoms with E-state index in [2.05, 4.69) is 26.1 Å². The summed E-state index contributed by atoms with van der Waals surface area (Å²) in [5.41, 5.74) is 2.85. The molecule has 1 rings (SSSR count). The lowest BCUT2D eigenvalue weighted by molar-refractivity contribution is -0.125. The zero-order valence-corrected chi connectivity index (χ0v) is 12.7. The molecule has 106 valence electrons. The zero-order valence-electron chi connectivity index (χ0n) is 12.7. The number of aliphatic hydroxyl groups excluding tert-OH is 1. The highest BCUT2D eigenvalue weighted by atomic mass is 16.3. The average molecular weight is 263 g/mol. The van der Waals surface area contributed by atoms with Crippen molar-refractivity contribution < 1.29 is 9.90 Å². The molecule has 0 bridgehead atoms. The number of carbonyl (C=O) groups is 1. The Kier molecular flexibility index (Phi) is 4.75. The van der Waals surface area contributed by atoms with Crippen LogP contribution in [0.4, 0.5) is 5.69 Å². The van der Waals surface area contributed by atoms with Gasteiger partial charge >= 0.3 is 0 Å². The van der Waals surface area contributed by atoms with Crippen molar-refractivity contribution in [2.75, 3.05) is 5.32 Å². The second-order valence-corrected chi connectivity index (χ2v) is 6.43. The van der Waals surface area contributed by atoms with Crippen LogP contribution in [0, 0.1) is 12.8 Å². The first-order chi connectivity index (χ1) is 8.64. The number of aliphatic hydroxyl groups is 1. The molecule has 0 radical (unpaired) electrons. The lowest BCUT2D eigenvalue weighted by Crippen LogP contribution is -2.33. The zero-order chi connectivity index (χ0) is 14.8. The summed E-state index contributed by atoms with van der Waals surface area (Å²) in [6, 6.07) is 5.97. The van der Waals surface area contributed by atoms with Crippen LogP contribution in [-0.4, -0.2) is 17.1 Å². The van der Waals surface area contributed by atoms with E-state index in [4.69, 9.17) is 0 Å². The van der Waals surface area contributed by atoms with E-state index in [-0.39, 0.29) is 17.2 Å². The number of anilines is 1. The van der Waals surface area contributed by atoms with Crippen molar-refractivity contribution in [2.45, 2.75) is 53.1 Å². The van der Waals surface area contributed by atoms with E-state index in [9.17, 15) is 9.90 Å². The van der Waals surface area contributed by atoms with Gasteiger partial charge in [0.1, 0.15) is 6.10 Å². The summed E-state index contributed by atoms with van der Waals surface area (Å²) in [6.07, 6.45) is -0.979. The van der Waals surface area contributed by atoms with Crippen LogP contribution in [0.3, 0.4) is 0 Å². The van der Waals surface area contributed by atoms with E-state index >= 15 is 0 Å². The fraction of sp³-hybridized carbons (Fsp3) is 0.562. The standard InChI is InChI=1S/C16H25NO2/c1-10(2)14(18)15(19)17-13-11(3)8-7-9-12(13)16(4,5)6/h7-10,14,18H,1-6H3,(H,17,19). The third kappa shape index (κ3) is 3.80. The first kappa shape index (κ1) is 15.7. The molecule has 0 saturated heterocycles. The lowest BCUT2D eigenvalue weighted by atomic mass is 9.84. The van der Waals surface area contributed by atoms with Crippen LogP contribution in [0.5, 0.6) is 0 Å². The molecule has 1 atom stereocenters. The van der Waals surface area contributed by atoms with Crippen molar-refractivity contribution in [2.24, 2.45) is 5.92 Å². The van der Waals surface area contributed by atoms with Crippen molar-refractivity contribution in [3.63, 3.8) is 0 Å². The number of benzene rings is 1. The van der Waals surface area contributed by atoms with Gasteiger partial charge in [-0.25, -0.2) is 0 Å². The van der Waals surface area contributed by atoms with Gasteiger partial charge in [-0.3, -0.25) is 4.79 Å². The van der Waals surface area contributed by atoms with Crippen molar-refractivity contribution in [1.82, 2.24) is 0 Å². The van der Waals surface area contributed by atoms with E-state index in [1.54, 1.807) is 0 Å². The van der Waals surface area contributed by atoms with Gasteiger partial charge in [0.25, 0.3) is 5.91 Å². The van der Waals surface area contributed by atoms with Gasteiger partial charge in [-0.2, -0.15) is 0 Å². The van der Waals surface area contributed by atoms with Crippen LogP contribution < -0.4 is 5.32 Å². The Labute approximate surface area is 116 Å². The Bertz CT molecular complexity index is 458. The molecular formula is C16H25NO2. The number of amides is 1. The molecule has 2 N–H and O–H groups in total. The molecule has 0 saturated carbocycles. The Hall–Kier alpha value is -1.35. The molecule has 0 aliphatic carbocycles. The number of rotatable bonds is 3. The highest BCUT2D eigenvalue weighted by Gasteiger charge is 2.24. The molecule has 0 aliphatic rings. The van der Waals surface area contributed by atoms with Gasteiger partial charge in [0.2, 0.25) is 0 Å². The predicted octanol–water partition coefficient (Wildman–Crippen LogP) is 3.25. The van der Waals surface area contributed by atoms with Gasteiger partial charge in [0, 0.05) is 5.69 Å². The summed E-state index contributed by atoms with van der Waals surface area (Å²) in [6.45, 7) is 11.9. The fourth-order valence-electron chi connectivity index (χ4n) is 1.96. The number of aryl methyl sites for hydroxylation is 1. The molecule has 3 heteroatoms. The molecule has 0 aromatic heterocycles. The van der Waals surface area contributed by atoms with Gasteiger partial charge < -0.3 is 10.4 Å². The van der Waals surface area contributed by atoms with Crippen LogP contribution in [0.1, 0.15) is 45.7 Å². The highest BCUT2D eigenvalue weighted by molar-refractivity contribution is 5.95. The molecular weight excluding hydrogens is 238 g/mol. The third-order valence-electron chi connectivity index (χ3n) is 3.23. The van der Waals surface area contributed by atoms with Crippen molar-refractivity contribution in [3.05, 3.63) is 29.3 Å². The topological polar surface area (TPSA) is 49.3 Å². The Morgan fingerprint density at radius 2 is 1.84 bits per heavy atom. The Morgan fingerprint density at radius 1 is 1.26 bits per heavy atom. The second kappa shape index (κ2) is 5.74. The lowest BCUT2D eigenvalue weighted by Gasteiger charge is -2.25. The normalized spacial score (nSPS) is 13.5. The fourth-order valence-corrected chi connectivity index (χ4v) is 1.96. The third-order valence-corrected chi connectivity index (χ3v) is 3.23. The summed E-state index contributed by atoms with van der Waals surface area (Å²) < 4.78 is 0. The largest absolute Gasteiger partial charge is 0.383 e. The average Bonchev–Trinajstić information content (AvgIpc) is 2.28. The number of nitrogens with one attached hydrogen (secondary N) is 1. The minimum atomic E-state index is -0.979. The number of hydrogen-bond donors (Lipinski definition) is 2. The quantitative estimate of drug-likeness (QED) is 0.879. The molecule has 0 heterocycles. The Morgan fingerprint density at radius 3 is 2.32 bits per heavy atom. The molecule has 1 amide bonds. The first-order valence-corrected chi connectivity index (χ1v) is 6.73. The summed E-state index contributed by atoms with van der Waals surface area (Å²) >= 11 is 0. The number of carbonyl (C=O) groups excluding carboxylic acids is 1. The summed E-state index contributed by atoms with van der Waals surface area (Å²) in [4.78, 5) is 12.0. The van der Waals surface area contributed by atoms with Crippen molar-refractivity contribution in [3.8, 4) is 0 Å². The molecule has 3 nitrogen and oxygen atoms in total. The first-order valence-electron chi connectivity index (χ1n) is 6.73. The van der Waals surface area contributed by atoms with Crippen LogP contribution in [0.15, 0.2) is 18.2 Å². The van der Waals surface area contributed by atoms with Crippen LogP contribution >= 0.6 is 0 Å². The van der Waals surface area contributed by atoms with Crippen LogP contribution in [0.2, 0.25) is 0 Å². The van der Waals surface area contributed by atoms with Crippen LogP contribution in [-0.2, 0) is 10.2 Å². The molecule has 0 fully saturated rings. The summed E-state index contributed by atoms with van der Waals surface area (Å²) in [5.74, 6) is -0.433. The minimum Gasteiger partial charge on any atom is -0.383 e. The monoisotopic (exact) mass is 263 g/mol. The van der Waals surface area contributed by atoms with Crippen LogP contribution in [0.25, 0.3) is 0 Å². The smallest absolute Gasteiger partial charge is 0.253 e. The van der Waals surface area contributed by atoms with E-state index in [0.717, 1.165) is 16.8 Å². The Balaban J connectivity index is 3.11. The van der Waals surface area contributed by atoms with Gasteiger partial charge in [-0.1, -0.05) is 52.8 Å². The van der Waals surface area contributed by atoms with E-state index < -0.39 is 6.10 Å². The number of para-hydroxylation sites is 1.